The summed E-state index contributed by atoms with van der Waals surface area (Å²) in [4.78, 5) is 25.2. The van der Waals surface area contributed by atoms with E-state index in [9.17, 15) is 9.90 Å². The molecule has 1 fully saturated rings. The lowest BCUT2D eigenvalue weighted by Gasteiger charge is -2.29. The zero-order valence-corrected chi connectivity index (χ0v) is 16.5. The lowest BCUT2D eigenvalue weighted by molar-refractivity contribution is 0.0946. The van der Waals surface area contributed by atoms with Crippen LogP contribution in [0.5, 0.6) is 0 Å². The van der Waals surface area contributed by atoms with E-state index in [4.69, 9.17) is 9.97 Å². The van der Waals surface area contributed by atoms with E-state index >= 15 is 0 Å². The molecule has 1 aromatic carbocycles. The molecule has 0 spiro atoms. The van der Waals surface area contributed by atoms with Crippen molar-refractivity contribution in [1.82, 2.24) is 20.3 Å². The van der Waals surface area contributed by atoms with Crippen LogP contribution in [0, 0.1) is 6.92 Å². The van der Waals surface area contributed by atoms with Gasteiger partial charge < -0.3 is 20.7 Å². The number of anilines is 1. The third-order valence-electron chi connectivity index (χ3n) is 6.02. The number of aryl methyl sites for hydroxylation is 1. The predicted molar refractivity (Wildman–Crippen MR) is 112 cm³/mol. The first-order valence-electron chi connectivity index (χ1n) is 10.3. The van der Waals surface area contributed by atoms with Crippen LogP contribution >= 0.6 is 0 Å². The molecular formula is C22H25N5O2. The maximum atomic E-state index is 12.2. The number of fused-ring (bicyclic) bond motifs is 2. The summed E-state index contributed by atoms with van der Waals surface area (Å²) in [7, 11) is 0. The molecule has 3 heterocycles. The van der Waals surface area contributed by atoms with Crippen molar-refractivity contribution in [2.45, 2.75) is 51.2 Å². The number of nitrogens with zero attached hydrogens (tertiary/aromatic N) is 2. The zero-order valence-electron chi connectivity index (χ0n) is 16.5. The number of rotatable bonds is 3. The first kappa shape index (κ1) is 18.1. The zero-order chi connectivity index (χ0) is 20.0. The summed E-state index contributed by atoms with van der Waals surface area (Å²) < 4.78 is 0. The van der Waals surface area contributed by atoms with Crippen LogP contribution < -0.4 is 10.6 Å². The van der Waals surface area contributed by atoms with Crippen LogP contribution in [-0.4, -0.2) is 44.7 Å². The molecule has 1 amide bonds. The van der Waals surface area contributed by atoms with Gasteiger partial charge in [-0.25, -0.2) is 9.97 Å². The molecule has 2 atom stereocenters. The number of carbonyl (C=O) groups excluding carboxylic acids is 1. The average Bonchev–Trinajstić information content (AvgIpc) is 3.15. The highest BCUT2D eigenvalue weighted by Crippen LogP contribution is 2.31. The molecule has 1 saturated carbocycles. The second kappa shape index (κ2) is 7.15. The molecule has 29 heavy (non-hydrogen) atoms. The highest BCUT2D eigenvalue weighted by atomic mass is 16.3. The van der Waals surface area contributed by atoms with E-state index in [2.05, 4.69) is 15.6 Å². The van der Waals surface area contributed by atoms with Gasteiger partial charge in [-0.15, -0.1) is 0 Å². The Morgan fingerprint density at radius 3 is 2.86 bits per heavy atom. The Bertz CT molecular complexity index is 1090. The predicted octanol–water partition coefficient (Wildman–Crippen LogP) is 2.93. The molecule has 4 N–H and O–H groups in total. The van der Waals surface area contributed by atoms with Gasteiger partial charge in [-0.1, -0.05) is 25.0 Å². The molecule has 0 bridgehead atoms. The lowest BCUT2D eigenvalue weighted by atomic mass is 9.92. The van der Waals surface area contributed by atoms with Gasteiger partial charge >= 0.3 is 0 Å². The molecule has 1 aliphatic carbocycles. The Kier molecular flexibility index (Phi) is 4.47. The summed E-state index contributed by atoms with van der Waals surface area (Å²) in [6, 6.07) is 7.82. The van der Waals surface area contributed by atoms with Crippen LogP contribution in [0.2, 0.25) is 0 Å². The van der Waals surface area contributed by atoms with Gasteiger partial charge in [-0.2, -0.15) is 0 Å². The maximum absolute atomic E-state index is 12.2. The lowest BCUT2D eigenvalue weighted by Crippen LogP contribution is -2.36. The Morgan fingerprint density at radius 2 is 2.03 bits per heavy atom. The van der Waals surface area contributed by atoms with Crippen LogP contribution in [0.25, 0.3) is 22.3 Å². The topological polar surface area (TPSA) is 103 Å². The molecule has 7 nitrogen and oxygen atoms in total. The quantitative estimate of drug-likeness (QED) is 0.550. The normalized spacial score (nSPS) is 21.7. The van der Waals surface area contributed by atoms with Gasteiger partial charge in [0.2, 0.25) is 0 Å². The Balaban J connectivity index is 1.57. The number of aromatic nitrogens is 3. The Morgan fingerprint density at radius 1 is 1.17 bits per heavy atom. The number of H-pyrrole nitrogens is 1. The number of hydrogen-bond acceptors (Lipinski definition) is 5. The van der Waals surface area contributed by atoms with E-state index in [0.717, 1.165) is 65.8 Å². The highest BCUT2D eigenvalue weighted by Gasteiger charge is 2.25. The van der Waals surface area contributed by atoms with Crippen molar-refractivity contribution in [2.24, 2.45) is 0 Å². The summed E-state index contributed by atoms with van der Waals surface area (Å²) in [5, 5.41) is 16.6. The minimum atomic E-state index is -0.357. The van der Waals surface area contributed by atoms with Crippen LogP contribution in [0.15, 0.2) is 24.3 Å². The van der Waals surface area contributed by atoms with Crippen molar-refractivity contribution in [3.8, 4) is 11.3 Å². The van der Waals surface area contributed by atoms with Crippen molar-refractivity contribution in [3.05, 3.63) is 41.2 Å². The highest BCUT2D eigenvalue weighted by molar-refractivity contribution is 5.99. The second-order valence-corrected chi connectivity index (χ2v) is 8.01. The maximum Gasteiger partial charge on any atom is 0.253 e. The number of nitrogens with one attached hydrogen (secondary N) is 3. The molecule has 150 valence electrons. The second-order valence-electron chi connectivity index (χ2n) is 8.01. The minimum absolute atomic E-state index is 0.00265. The molecule has 2 aliphatic rings. The summed E-state index contributed by atoms with van der Waals surface area (Å²) in [5.41, 5.74) is 5.87. The van der Waals surface area contributed by atoms with E-state index in [1.54, 1.807) is 0 Å². The number of aliphatic hydroxyl groups is 1. The number of hydrogen-bond donors (Lipinski definition) is 4. The molecule has 0 radical (unpaired) electrons. The number of amides is 1. The molecular weight excluding hydrogens is 366 g/mol. The van der Waals surface area contributed by atoms with E-state index in [1.807, 2.05) is 31.2 Å². The van der Waals surface area contributed by atoms with Gasteiger partial charge in [0, 0.05) is 29.9 Å². The average molecular weight is 391 g/mol. The first-order chi connectivity index (χ1) is 14.1. The molecule has 2 aromatic heterocycles. The molecule has 5 rings (SSSR count). The third kappa shape index (κ3) is 3.25. The van der Waals surface area contributed by atoms with Gasteiger partial charge in [-0.05, 0) is 31.9 Å². The Labute approximate surface area is 169 Å². The van der Waals surface area contributed by atoms with Crippen molar-refractivity contribution < 1.29 is 9.90 Å². The van der Waals surface area contributed by atoms with E-state index in [1.165, 1.54) is 0 Å². The van der Waals surface area contributed by atoms with Gasteiger partial charge in [-0.3, -0.25) is 4.79 Å². The van der Waals surface area contributed by atoms with Crippen LogP contribution in [0.1, 0.15) is 47.4 Å². The van der Waals surface area contributed by atoms with Crippen molar-refractivity contribution in [2.75, 3.05) is 11.9 Å². The SMILES string of the molecule is Cc1nc2cccc(-c3cc4c([nH]3)CCNC4=O)c2nc1NC1CCCCC1O. The van der Waals surface area contributed by atoms with E-state index in [-0.39, 0.29) is 18.1 Å². The fraction of sp³-hybridized carbons (Fsp3) is 0.409. The number of aliphatic hydroxyl groups excluding tert-OH is 1. The summed E-state index contributed by atoms with van der Waals surface area (Å²) in [6.07, 6.45) is 4.36. The monoisotopic (exact) mass is 391 g/mol. The van der Waals surface area contributed by atoms with Crippen LogP contribution in [-0.2, 0) is 6.42 Å². The minimum Gasteiger partial charge on any atom is -0.391 e. The van der Waals surface area contributed by atoms with E-state index in [0.29, 0.717) is 17.9 Å². The van der Waals surface area contributed by atoms with Gasteiger partial charge in [0.05, 0.1) is 28.9 Å². The smallest absolute Gasteiger partial charge is 0.253 e. The summed E-state index contributed by atoms with van der Waals surface area (Å²) in [6.45, 7) is 2.59. The van der Waals surface area contributed by atoms with Gasteiger partial charge in [0.15, 0.2) is 0 Å². The number of para-hydroxylation sites is 1. The molecule has 0 saturated heterocycles. The molecule has 7 heteroatoms. The fourth-order valence-electron chi connectivity index (χ4n) is 4.41. The molecule has 1 aliphatic heterocycles. The Hall–Kier alpha value is -2.93. The largest absolute Gasteiger partial charge is 0.391 e. The van der Waals surface area contributed by atoms with Crippen molar-refractivity contribution >= 4 is 22.8 Å². The standard InChI is InChI=1S/C22H25N5O2/c1-12-21(26-16-6-2-3-8-19(16)28)27-20-13(5-4-7-17(20)24-12)18-11-14-15(25-18)9-10-23-22(14)29/h4-5,7,11,16,19,25,28H,2-3,6,8-10H2,1H3,(H,23,29)(H,26,27). The summed E-state index contributed by atoms with van der Waals surface area (Å²) in [5.74, 6) is 0.675. The van der Waals surface area contributed by atoms with Crippen molar-refractivity contribution in [1.29, 1.82) is 0 Å². The van der Waals surface area contributed by atoms with Gasteiger partial charge in [0.1, 0.15) is 11.3 Å². The fourth-order valence-corrected chi connectivity index (χ4v) is 4.41. The van der Waals surface area contributed by atoms with E-state index < -0.39 is 0 Å². The molecule has 2 unspecified atom stereocenters. The number of aromatic amines is 1. The first-order valence-corrected chi connectivity index (χ1v) is 10.3. The van der Waals surface area contributed by atoms with Gasteiger partial charge in [0.25, 0.3) is 5.91 Å². The summed E-state index contributed by atoms with van der Waals surface area (Å²) >= 11 is 0. The number of benzene rings is 1. The van der Waals surface area contributed by atoms with Crippen molar-refractivity contribution in [3.63, 3.8) is 0 Å². The van der Waals surface area contributed by atoms with Crippen LogP contribution in [0.3, 0.4) is 0 Å². The van der Waals surface area contributed by atoms with Crippen LogP contribution in [0.4, 0.5) is 5.82 Å². The number of carbonyl (C=O) groups is 1. The third-order valence-corrected chi connectivity index (χ3v) is 6.02. The molecule has 3 aromatic rings.